The van der Waals surface area contributed by atoms with Crippen molar-refractivity contribution < 1.29 is 64.7 Å². The fraction of sp³-hybridized carbons (Fsp3) is 0.619. The average Bonchev–Trinajstić information content (AvgIpc) is 3.10. The first-order valence-corrected chi connectivity index (χ1v) is 12.9. The van der Waals surface area contributed by atoms with Gasteiger partial charge in [-0.3, -0.25) is 8.63 Å². The number of hydrogen-bond acceptors (Lipinski definition) is 0. The molecule has 2 heterocycles. The molecule has 3 rings (SSSR count). The normalized spacial score (nSPS) is 27.2. The monoisotopic (exact) mass is 454 g/mol. The molecular formula is C21H33BF3KP2. The molecule has 0 aromatic heterocycles. The van der Waals surface area contributed by atoms with Crippen LogP contribution in [0.15, 0.2) is 36.9 Å². The van der Waals surface area contributed by atoms with Gasteiger partial charge in [-0.1, -0.05) is 73.9 Å². The largest absolute Gasteiger partial charge is 1.00 e. The number of allylic oxidation sites excluding steroid dienone is 1. The van der Waals surface area contributed by atoms with E-state index in [1.807, 2.05) is 0 Å². The Labute approximate surface area is 215 Å². The summed E-state index contributed by atoms with van der Waals surface area (Å²) in [5.41, 5.74) is 3.74. The van der Waals surface area contributed by atoms with Crippen LogP contribution in [0.3, 0.4) is 0 Å². The van der Waals surface area contributed by atoms with Gasteiger partial charge in [-0.05, 0) is 58.9 Å². The number of halogens is 3. The van der Waals surface area contributed by atoms with E-state index >= 15 is 0 Å². The van der Waals surface area contributed by atoms with Crippen molar-refractivity contribution in [3.05, 3.63) is 36.9 Å². The quantitative estimate of drug-likeness (QED) is 0.356. The Hall–Kier alpha value is 1.31. The average molecular weight is 454 g/mol. The molecule has 1 aromatic rings. The molecule has 2 fully saturated rings. The van der Waals surface area contributed by atoms with Crippen LogP contribution in [-0.4, -0.2) is 29.9 Å². The predicted molar refractivity (Wildman–Crippen MR) is 119 cm³/mol. The van der Waals surface area contributed by atoms with Crippen LogP contribution < -0.4 is 66.7 Å². The second kappa shape index (κ2) is 14.4. The molecule has 4 atom stereocenters. The zero-order chi connectivity index (χ0) is 19.3. The van der Waals surface area contributed by atoms with Crippen molar-refractivity contribution in [2.45, 2.75) is 82.3 Å². The second-order valence-electron chi connectivity index (χ2n) is 7.77. The van der Waals surface area contributed by atoms with Crippen molar-refractivity contribution in [3.63, 3.8) is 0 Å². The fourth-order valence-corrected chi connectivity index (χ4v) is 11.6. The van der Waals surface area contributed by atoms with Gasteiger partial charge in [-0.15, -0.1) is 6.58 Å². The Morgan fingerprint density at radius 2 is 1.21 bits per heavy atom. The minimum Gasteiger partial charge on any atom is -1.00 e. The van der Waals surface area contributed by atoms with Gasteiger partial charge in [0, 0.05) is 6.32 Å². The van der Waals surface area contributed by atoms with Crippen molar-refractivity contribution in [3.8, 4) is 0 Å². The van der Waals surface area contributed by atoms with Gasteiger partial charge in [0.05, 0.1) is 0 Å². The van der Waals surface area contributed by atoms with Gasteiger partial charge in [0.2, 0.25) is 0 Å². The molecule has 0 saturated carbocycles. The molecule has 0 nitrogen and oxygen atoms in total. The Morgan fingerprint density at radius 3 is 1.43 bits per heavy atom. The van der Waals surface area contributed by atoms with Crippen molar-refractivity contribution in [1.82, 2.24) is 0 Å². The zero-order valence-electron chi connectivity index (χ0n) is 18.0. The summed E-state index contributed by atoms with van der Waals surface area (Å²) in [6.07, 6.45) is 6.80. The van der Waals surface area contributed by atoms with Gasteiger partial charge >= 0.3 is 58.7 Å². The molecule has 2 saturated heterocycles. The first-order valence-electron chi connectivity index (χ1n) is 9.91. The molecule has 0 radical (unpaired) electrons. The molecule has 2 aliphatic heterocycles. The summed E-state index contributed by atoms with van der Waals surface area (Å²) in [5.74, 6) is 0. The minimum atomic E-state index is -2.22. The van der Waals surface area contributed by atoms with Crippen LogP contribution in [-0.2, 0) is 0 Å². The third kappa shape index (κ3) is 7.78. The van der Waals surface area contributed by atoms with Crippen LogP contribution in [0.2, 0.25) is 6.32 Å². The topological polar surface area (TPSA) is 0 Å². The van der Waals surface area contributed by atoms with Crippen molar-refractivity contribution >= 4 is 33.7 Å². The van der Waals surface area contributed by atoms with E-state index in [9.17, 15) is 8.63 Å². The van der Waals surface area contributed by atoms with Gasteiger partial charge in [0.15, 0.2) is 0 Å². The number of hydrogen-bond donors (Lipinski definition) is 0. The third-order valence-corrected chi connectivity index (χ3v) is 12.6. The van der Waals surface area contributed by atoms with Gasteiger partial charge < -0.3 is 4.70 Å². The van der Waals surface area contributed by atoms with Crippen LogP contribution in [0.1, 0.15) is 53.4 Å². The molecule has 0 unspecified atom stereocenters. The fourth-order valence-electron chi connectivity index (χ4n) is 4.37. The van der Waals surface area contributed by atoms with Crippen LogP contribution >= 0.6 is 15.8 Å². The molecule has 0 spiro atoms. The van der Waals surface area contributed by atoms with Crippen LogP contribution in [0.4, 0.5) is 8.63 Å². The minimum absolute atomic E-state index is 0. The number of rotatable bonds is 4. The van der Waals surface area contributed by atoms with Gasteiger partial charge in [0.25, 0.3) is 0 Å². The smallest absolute Gasteiger partial charge is 1.00 e. The molecular weight excluding hydrogens is 421 g/mol. The van der Waals surface area contributed by atoms with E-state index in [0.717, 1.165) is 22.6 Å². The summed E-state index contributed by atoms with van der Waals surface area (Å²) in [7, 11) is -2.06. The van der Waals surface area contributed by atoms with E-state index in [0.29, 0.717) is 0 Å². The van der Waals surface area contributed by atoms with Crippen molar-refractivity contribution in [2.24, 2.45) is 0 Å². The Kier molecular flexibility index (Phi) is 15.1. The summed E-state index contributed by atoms with van der Waals surface area (Å²) < 4.78 is 21.9. The van der Waals surface area contributed by atoms with E-state index in [4.69, 9.17) is 0 Å². The van der Waals surface area contributed by atoms with E-state index in [-0.39, 0.29) is 78.3 Å². The molecule has 28 heavy (non-hydrogen) atoms. The Morgan fingerprint density at radius 1 is 0.893 bits per heavy atom. The zero-order valence-corrected chi connectivity index (χ0v) is 23.0. The summed E-state index contributed by atoms with van der Waals surface area (Å²) >= 11 is 0. The molecule has 152 valence electrons. The third-order valence-electron chi connectivity index (χ3n) is 5.69. The van der Waals surface area contributed by atoms with E-state index in [1.54, 1.807) is 10.6 Å². The molecule has 2 aliphatic rings. The van der Waals surface area contributed by atoms with Crippen LogP contribution in [0.5, 0.6) is 0 Å². The molecule has 1 aromatic carbocycles. The maximum Gasteiger partial charge on any atom is 1.00 e. The van der Waals surface area contributed by atoms with E-state index in [1.165, 1.54) is 31.8 Å². The molecule has 0 N–H and O–H groups in total. The number of benzene rings is 1. The predicted octanol–water partition coefficient (Wildman–Crippen LogP) is 0.650. The van der Waals surface area contributed by atoms with Crippen molar-refractivity contribution in [2.75, 3.05) is 0 Å². The first kappa shape index (κ1) is 29.3. The summed E-state index contributed by atoms with van der Waals surface area (Å²) in [6, 6.07) is 9.55. The Balaban J connectivity index is 0.000000804. The second-order valence-corrected chi connectivity index (χ2v) is 13.9. The van der Waals surface area contributed by atoms with Gasteiger partial charge in [0.1, 0.15) is 0 Å². The van der Waals surface area contributed by atoms with E-state index in [2.05, 4.69) is 58.5 Å². The van der Waals surface area contributed by atoms with Crippen LogP contribution in [0, 0.1) is 0 Å². The van der Waals surface area contributed by atoms with Crippen LogP contribution in [0.25, 0.3) is 0 Å². The maximum absolute atomic E-state index is 11.0. The van der Waals surface area contributed by atoms with Gasteiger partial charge in [-0.2, -0.15) is 0 Å². The molecule has 0 bridgehead atoms. The standard InChI is InChI=1S/C18H28P2.C3H5BF2.FH.K/c1-13-9-10-14(2)19(13)17-7-5-6-8-18(17)20-15(3)11-12-16(20)4;1-2-3-4(5)6;;/h5-8,13-16H,9-12H2,1-4H3;2H,1,3H2;1H;/q;;;+1/p-1/t13-,14-,15-,16-;;;/m0.../s1. The molecule has 0 aliphatic carbocycles. The first-order chi connectivity index (χ1) is 12.4. The summed E-state index contributed by atoms with van der Waals surface area (Å²) in [4.78, 5) is 0. The summed E-state index contributed by atoms with van der Waals surface area (Å²) in [6.45, 7) is 13.1. The Bertz CT molecular complexity index is 528. The SMILES string of the molecule is C=CCB(F)F.C[C@H]1CC[C@H](C)P1c1ccccc1P1[C@@H](C)CC[C@@H]1C.[F-].[K+]. The summed E-state index contributed by atoms with van der Waals surface area (Å²) in [5, 5.41) is 3.57. The van der Waals surface area contributed by atoms with Crippen molar-refractivity contribution in [1.29, 1.82) is 0 Å². The maximum atomic E-state index is 11.0. The van der Waals surface area contributed by atoms with E-state index < -0.39 is 7.27 Å². The van der Waals surface area contributed by atoms with Gasteiger partial charge in [-0.25, -0.2) is 0 Å². The molecule has 0 amide bonds. The molecule has 7 heteroatoms.